The normalized spacial score (nSPS) is 17.1. The molecule has 2 rings (SSSR count). The fourth-order valence-electron chi connectivity index (χ4n) is 2.21. The van der Waals surface area contributed by atoms with Crippen molar-refractivity contribution in [2.75, 3.05) is 18.0 Å². The molecular formula is C13H15NO4. The molecule has 1 heterocycles. The topological polar surface area (TPSA) is 77.8 Å². The van der Waals surface area contributed by atoms with Gasteiger partial charge in [-0.05, 0) is 23.6 Å². The van der Waals surface area contributed by atoms with Crippen LogP contribution in [0.4, 0.5) is 5.69 Å². The van der Waals surface area contributed by atoms with Crippen molar-refractivity contribution < 1.29 is 19.8 Å². The van der Waals surface area contributed by atoms with Crippen LogP contribution < -0.4 is 4.90 Å². The van der Waals surface area contributed by atoms with Gasteiger partial charge >= 0.3 is 11.9 Å². The number of rotatable bonds is 3. The van der Waals surface area contributed by atoms with Crippen molar-refractivity contribution >= 4 is 17.6 Å². The Morgan fingerprint density at radius 3 is 1.83 bits per heavy atom. The molecule has 5 nitrogen and oxygen atoms in total. The number of carboxylic acids is 2. The van der Waals surface area contributed by atoms with Crippen LogP contribution in [0, 0.1) is 5.41 Å². The van der Waals surface area contributed by atoms with Gasteiger partial charge in [-0.15, -0.1) is 0 Å². The summed E-state index contributed by atoms with van der Waals surface area (Å²) < 4.78 is 0. The maximum atomic E-state index is 11.0. The van der Waals surface area contributed by atoms with Gasteiger partial charge in [0.2, 0.25) is 0 Å². The van der Waals surface area contributed by atoms with E-state index in [1.165, 1.54) is 18.2 Å². The molecule has 1 aromatic carbocycles. The molecule has 0 unspecified atom stereocenters. The highest BCUT2D eigenvalue weighted by Gasteiger charge is 2.34. The van der Waals surface area contributed by atoms with E-state index in [2.05, 4.69) is 13.8 Å². The Labute approximate surface area is 105 Å². The number of hydrogen-bond acceptors (Lipinski definition) is 3. The average Bonchev–Trinajstić information content (AvgIpc) is 2.24. The number of hydrogen-bond donors (Lipinski definition) is 2. The van der Waals surface area contributed by atoms with E-state index in [1.54, 1.807) is 0 Å². The number of anilines is 1. The maximum Gasteiger partial charge on any atom is 0.335 e. The molecule has 0 amide bonds. The van der Waals surface area contributed by atoms with Gasteiger partial charge in [-0.25, -0.2) is 9.59 Å². The second-order valence-corrected chi connectivity index (χ2v) is 5.40. The summed E-state index contributed by atoms with van der Waals surface area (Å²) in [6.07, 6.45) is 0. The molecule has 0 atom stereocenters. The summed E-state index contributed by atoms with van der Waals surface area (Å²) >= 11 is 0. The standard InChI is InChI=1S/C13H15NO4/c1-13(2)6-14(7-13)10-4-8(11(15)16)3-9(5-10)12(17)18/h3-5H,6-7H2,1-2H3,(H,15,16)(H,17,18). The first-order valence-electron chi connectivity index (χ1n) is 5.65. The summed E-state index contributed by atoms with van der Waals surface area (Å²) in [6, 6.07) is 4.22. The van der Waals surface area contributed by atoms with Crippen molar-refractivity contribution in [3.63, 3.8) is 0 Å². The lowest BCUT2D eigenvalue weighted by atomic mass is 9.84. The largest absolute Gasteiger partial charge is 0.478 e. The van der Waals surface area contributed by atoms with E-state index in [9.17, 15) is 9.59 Å². The lowest BCUT2D eigenvalue weighted by Crippen LogP contribution is -2.53. The van der Waals surface area contributed by atoms with E-state index in [4.69, 9.17) is 10.2 Å². The molecule has 0 aliphatic carbocycles. The summed E-state index contributed by atoms with van der Waals surface area (Å²) in [5.74, 6) is -2.22. The van der Waals surface area contributed by atoms with Crippen molar-refractivity contribution in [1.29, 1.82) is 0 Å². The van der Waals surface area contributed by atoms with Crippen LogP contribution in [0.5, 0.6) is 0 Å². The smallest absolute Gasteiger partial charge is 0.335 e. The Morgan fingerprint density at radius 1 is 1.06 bits per heavy atom. The van der Waals surface area contributed by atoms with Crippen LogP contribution in [-0.4, -0.2) is 35.2 Å². The first-order valence-corrected chi connectivity index (χ1v) is 5.65. The van der Waals surface area contributed by atoms with Crippen molar-refractivity contribution in [2.24, 2.45) is 5.41 Å². The molecule has 1 aromatic rings. The van der Waals surface area contributed by atoms with Gasteiger partial charge < -0.3 is 15.1 Å². The Balaban J connectivity index is 2.36. The van der Waals surface area contributed by atoms with Gasteiger partial charge in [0.25, 0.3) is 0 Å². The van der Waals surface area contributed by atoms with Crippen LogP contribution in [0.1, 0.15) is 34.6 Å². The van der Waals surface area contributed by atoms with Crippen LogP contribution in [0.3, 0.4) is 0 Å². The van der Waals surface area contributed by atoms with Crippen LogP contribution >= 0.6 is 0 Å². The third-order valence-corrected chi connectivity index (χ3v) is 3.01. The summed E-state index contributed by atoms with van der Waals surface area (Å²) in [6.45, 7) is 5.83. The molecule has 18 heavy (non-hydrogen) atoms. The van der Waals surface area contributed by atoms with E-state index in [0.717, 1.165) is 13.1 Å². The van der Waals surface area contributed by atoms with Crippen molar-refractivity contribution in [1.82, 2.24) is 0 Å². The Hall–Kier alpha value is -2.04. The molecule has 0 bridgehead atoms. The molecular weight excluding hydrogens is 234 g/mol. The second kappa shape index (κ2) is 4.01. The molecule has 5 heteroatoms. The maximum absolute atomic E-state index is 11.0. The van der Waals surface area contributed by atoms with E-state index in [-0.39, 0.29) is 16.5 Å². The minimum atomic E-state index is -1.11. The predicted octanol–water partition coefficient (Wildman–Crippen LogP) is 1.93. The minimum absolute atomic E-state index is 0.00889. The third-order valence-electron chi connectivity index (χ3n) is 3.01. The van der Waals surface area contributed by atoms with Gasteiger partial charge in [0, 0.05) is 18.8 Å². The van der Waals surface area contributed by atoms with Gasteiger partial charge in [0.15, 0.2) is 0 Å². The third kappa shape index (κ3) is 2.30. The van der Waals surface area contributed by atoms with Crippen LogP contribution in [0.15, 0.2) is 18.2 Å². The van der Waals surface area contributed by atoms with Crippen LogP contribution in [0.2, 0.25) is 0 Å². The minimum Gasteiger partial charge on any atom is -0.478 e. The van der Waals surface area contributed by atoms with Crippen molar-refractivity contribution in [3.05, 3.63) is 29.3 Å². The van der Waals surface area contributed by atoms with Gasteiger partial charge in [0.1, 0.15) is 0 Å². The molecule has 0 aromatic heterocycles. The highest BCUT2D eigenvalue weighted by molar-refractivity contribution is 5.95. The molecule has 2 N–H and O–H groups in total. The molecule has 1 fully saturated rings. The fourth-order valence-corrected chi connectivity index (χ4v) is 2.21. The number of benzene rings is 1. The summed E-state index contributed by atoms with van der Waals surface area (Å²) in [4.78, 5) is 23.9. The molecule has 96 valence electrons. The van der Waals surface area contributed by atoms with E-state index in [1.807, 2.05) is 4.90 Å². The number of carboxylic acid groups (broad SMARTS) is 2. The predicted molar refractivity (Wildman–Crippen MR) is 66.4 cm³/mol. The lowest BCUT2D eigenvalue weighted by molar-refractivity contribution is 0.0696. The van der Waals surface area contributed by atoms with E-state index >= 15 is 0 Å². The summed E-state index contributed by atoms with van der Waals surface area (Å²) in [5.41, 5.74) is 0.874. The Morgan fingerprint density at radius 2 is 1.50 bits per heavy atom. The molecule has 0 saturated carbocycles. The monoisotopic (exact) mass is 249 g/mol. The molecule has 1 aliphatic heterocycles. The molecule has 1 saturated heterocycles. The molecule has 0 spiro atoms. The van der Waals surface area contributed by atoms with Gasteiger partial charge in [-0.1, -0.05) is 13.8 Å². The first kappa shape index (κ1) is 12.4. The molecule has 1 aliphatic rings. The highest BCUT2D eigenvalue weighted by Crippen LogP contribution is 2.34. The van der Waals surface area contributed by atoms with E-state index < -0.39 is 11.9 Å². The number of carbonyl (C=O) groups is 2. The number of aromatic carboxylic acids is 2. The van der Waals surface area contributed by atoms with E-state index in [0.29, 0.717) is 5.69 Å². The number of nitrogens with zero attached hydrogens (tertiary/aromatic N) is 1. The van der Waals surface area contributed by atoms with Crippen LogP contribution in [-0.2, 0) is 0 Å². The van der Waals surface area contributed by atoms with Crippen LogP contribution in [0.25, 0.3) is 0 Å². The Bertz CT molecular complexity index is 481. The lowest BCUT2D eigenvalue weighted by Gasteiger charge is -2.47. The average molecular weight is 249 g/mol. The first-order chi connectivity index (χ1) is 8.28. The van der Waals surface area contributed by atoms with Gasteiger partial charge in [-0.3, -0.25) is 0 Å². The van der Waals surface area contributed by atoms with Gasteiger partial charge in [-0.2, -0.15) is 0 Å². The highest BCUT2D eigenvalue weighted by atomic mass is 16.4. The fraction of sp³-hybridized carbons (Fsp3) is 0.385. The summed E-state index contributed by atoms with van der Waals surface area (Å²) in [5, 5.41) is 18.0. The van der Waals surface area contributed by atoms with Gasteiger partial charge in [0.05, 0.1) is 11.1 Å². The zero-order chi connectivity index (χ0) is 13.5. The van der Waals surface area contributed by atoms with Crippen molar-refractivity contribution in [2.45, 2.75) is 13.8 Å². The Kier molecular flexibility index (Phi) is 2.77. The SMILES string of the molecule is CC1(C)CN(c2cc(C(=O)O)cc(C(=O)O)c2)C1. The summed E-state index contributed by atoms with van der Waals surface area (Å²) in [7, 11) is 0. The second-order valence-electron chi connectivity index (χ2n) is 5.40. The van der Waals surface area contributed by atoms with Crippen molar-refractivity contribution in [3.8, 4) is 0 Å². The zero-order valence-corrected chi connectivity index (χ0v) is 10.3. The zero-order valence-electron chi connectivity index (χ0n) is 10.3. The quantitative estimate of drug-likeness (QED) is 0.855. The molecule has 0 radical (unpaired) electrons.